The Hall–Kier alpha value is -0.130. The van der Waals surface area contributed by atoms with Gasteiger partial charge in [-0.25, -0.2) is 8.42 Å². The number of sulfone groups is 1. The smallest absolute Gasteiger partial charge is 0.156 e. The zero-order valence-electron chi connectivity index (χ0n) is 8.73. The second-order valence-corrected chi connectivity index (χ2v) is 7.34. The van der Waals surface area contributed by atoms with E-state index in [0.717, 1.165) is 6.42 Å². The summed E-state index contributed by atoms with van der Waals surface area (Å²) in [5.74, 6) is 0.334. The molecule has 2 heterocycles. The number of fused-ring (bicyclic) bond motifs is 2. The lowest BCUT2D eigenvalue weighted by molar-refractivity contribution is 0.119. The maximum absolute atomic E-state index is 11.5. The van der Waals surface area contributed by atoms with Gasteiger partial charge >= 0.3 is 0 Å². The molecule has 5 heteroatoms. The van der Waals surface area contributed by atoms with Crippen molar-refractivity contribution in [2.75, 3.05) is 18.8 Å². The molecule has 2 atom stereocenters. The molecular weight excluding hydrogens is 200 g/mol. The van der Waals surface area contributed by atoms with Crippen molar-refractivity contribution in [2.24, 2.45) is 5.73 Å². The molecule has 14 heavy (non-hydrogen) atoms. The van der Waals surface area contributed by atoms with E-state index in [2.05, 4.69) is 18.7 Å². The highest BCUT2D eigenvalue weighted by Crippen LogP contribution is 2.36. The zero-order valence-corrected chi connectivity index (χ0v) is 9.55. The molecule has 2 bridgehead atoms. The molecular formula is C9H18N2O2S. The summed E-state index contributed by atoms with van der Waals surface area (Å²) in [6, 6.07) is 0.212. The maximum atomic E-state index is 11.5. The fourth-order valence-electron chi connectivity index (χ4n) is 2.55. The molecule has 2 saturated heterocycles. The van der Waals surface area contributed by atoms with Crippen molar-refractivity contribution in [1.82, 2.24) is 4.90 Å². The van der Waals surface area contributed by atoms with E-state index in [1.807, 2.05) is 0 Å². The van der Waals surface area contributed by atoms with Gasteiger partial charge in [-0.3, -0.25) is 4.90 Å². The first-order valence-electron chi connectivity index (χ1n) is 5.05. The molecule has 0 aromatic rings. The summed E-state index contributed by atoms with van der Waals surface area (Å²) in [5.41, 5.74) is 5.63. The molecule has 0 spiro atoms. The molecule has 2 N–H and O–H groups in total. The number of hydrogen-bond acceptors (Lipinski definition) is 4. The molecule has 2 aliphatic heterocycles. The van der Waals surface area contributed by atoms with Crippen molar-refractivity contribution in [3.05, 3.63) is 0 Å². The normalized spacial score (nSPS) is 36.5. The molecule has 0 amide bonds. The van der Waals surface area contributed by atoms with E-state index in [4.69, 9.17) is 5.73 Å². The van der Waals surface area contributed by atoms with Crippen molar-refractivity contribution in [1.29, 1.82) is 0 Å². The molecule has 2 unspecified atom stereocenters. The lowest BCUT2D eigenvalue weighted by Gasteiger charge is -2.40. The van der Waals surface area contributed by atoms with Crippen molar-refractivity contribution in [3.8, 4) is 0 Å². The molecule has 82 valence electrons. The monoisotopic (exact) mass is 218 g/mol. The molecule has 0 radical (unpaired) electrons. The lowest BCUT2D eigenvalue weighted by Crippen LogP contribution is -2.55. The molecule has 2 aliphatic rings. The number of hydrogen-bond donors (Lipinski definition) is 1. The number of nitrogens with zero attached hydrogens (tertiary/aromatic N) is 1. The first-order valence-corrected chi connectivity index (χ1v) is 6.77. The Kier molecular flexibility index (Phi) is 2.18. The molecule has 4 nitrogen and oxygen atoms in total. The summed E-state index contributed by atoms with van der Waals surface area (Å²) in [5, 5.41) is -0.127. The maximum Gasteiger partial charge on any atom is 0.156 e. The van der Waals surface area contributed by atoms with E-state index in [1.165, 1.54) is 0 Å². The highest BCUT2D eigenvalue weighted by molar-refractivity contribution is 7.92. The minimum atomic E-state index is -2.77. The first kappa shape index (κ1) is 10.4. The van der Waals surface area contributed by atoms with Gasteiger partial charge in [0.25, 0.3) is 0 Å². The third-order valence-corrected chi connectivity index (χ3v) is 5.79. The Bertz CT molecular complexity index is 337. The molecule has 0 aromatic carbocycles. The van der Waals surface area contributed by atoms with Crippen LogP contribution in [0.1, 0.15) is 20.3 Å². The Morgan fingerprint density at radius 3 is 2.50 bits per heavy atom. The largest absolute Gasteiger partial charge is 0.329 e. The second-order valence-electron chi connectivity index (χ2n) is 5.01. The minimum absolute atomic E-state index is 0.0602. The van der Waals surface area contributed by atoms with Gasteiger partial charge in [0, 0.05) is 24.7 Å². The van der Waals surface area contributed by atoms with Crippen LogP contribution in [-0.2, 0) is 9.84 Å². The predicted octanol–water partition coefficient (Wildman–Crippen LogP) is -0.405. The molecule has 2 fully saturated rings. The lowest BCUT2D eigenvalue weighted by atomic mass is 10.0. The fraction of sp³-hybridized carbons (Fsp3) is 1.00. The van der Waals surface area contributed by atoms with Crippen LogP contribution in [0, 0.1) is 0 Å². The highest BCUT2D eigenvalue weighted by atomic mass is 32.2. The summed E-state index contributed by atoms with van der Waals surface area (Å²) >= 11 is 0. The van der Waals surface area contributed by atoms with Crippen LogP contribution in [0.15, 0.2) is 0 Å². The highest BCUT2D eigenvalue weighted by Gasteiger charge is 2.51. The van der Waals surface area contributed by atoms with Gasteiger partial charge in [0.15, 0.2) is 9.84 Å². The summed E-state index contributed by atoms with van der Waals surface area (Å²) in [4.78, 5) is 2.26. The van der Waals surface area contributed by atoms with E-state index < -0.39 is 9.84 Å². The average Bonchev–Trinajstić information content (AvgIpc) is 2.59. The van der Waals surface area contributed by atoms with Gasteiger partial charge in [-0.05, 0) is 20.3 Å². The summed E-state index contributed by atoms with van der Waals surface area (Å²) in [7, 11) is -2.77. The van der Waals surface area contributed by atoms with Crippen LogP contribution in [0.5, 0.6) is 0 Å². The number of likely N-dealkylation sites (tertiary alicyclic amines) is 1. The number of nitrogens with two attached hydrogens (primary N) is 1. The van der Waals surface area contributed by atoms with E-state index in [9.17, 15) is 8.42 Å². The second kappa shape index (κ2) is 2.93. The van der Waals surface area contributed by atoms with Crippen LogP contribution in [0.2, 0.25) is 0 Å². The average molecular weight is 218 g/mol. The van der Waals surface area contributed by atoms with Gasteiger partial charge < -0.3 is 5.73 Å². The van der Waals surface area contributed by atoms with Crippen molar-refractivity contribution < 1.29 is 8.42 Å². The van der Waals surface area contributed by atoms with Crippen molar-refractivity contribution in [3.63, 3.8) is 0 Å². The molecule has 0 aliphatic carbocycles. The van der Waals surface area contributed by atoms with Crippen LogP contribution in [0.3, 0.4) is 0 Å². The van der Waals surface area contributed by atoms with E-state index in [-0.39, 0.29) is 16.8 Å². The molecule has 0 aromatic heterocycles. The van der Waals surface area contributed by atoms with Crippen molar-refractivity contribution in [2.45, 2.75) is 37.1 Å². The van der Waals surface area contributed by atoms with Crippen LogP contribution in [0.25, 0.3) is 0 Å². The fourth-order valence-corrected chi connectivity index (χ4v) is 4.58. The third kappa shape index (κ3) is 1.38. The summed E-state index contributed by atoms with van der Waals surface area (Å²) < 4.78 is 23.1. The Balaban J connectivity index is 2.18. The van der Waals surface area contributed by atoms with Crippen LogP contribution in [0.4, 0.5) is 0 Å². The molecule has 0 saturated carbocycles. The Morgan fingerprint density at radius 1 is 1.50 bits per heavy atom. The van der Waals surface area contributed by atoms with Gasteiger partial charge in [0.05, 0.1) is 11.0 Å². The SMILES string of the molecule is CC(C)(CN)N1CC2CC1CS2(=O)=O. The Morgan fingerprint density at radius 2 is 2.14 bits per heavy atom. The molecule has 2 rings (SSSR count). The van der Waals surface area contributed by atoms with Gasteiger partial charge in [0.1, 0.15) is 0 Å². The summed E-state index contributed by atoms with van der Waals surface area (Å²) in [6.45, 7) is 5.42. The predicted molar refractivity (Wildman–Crippen MR) is 55.8 cm³/mol. The first-order chi connectivity index (χ1) is 6.37. The van der Waals surface area contributed by atoms with Gasteiger partial charge in [-0.15, -0.1) is 0 Å². The van der Waals surface area contributed by atoms with Crippen molar-refractivity contribution >= 4 is 9.84 Å². The van der Waals surface area contributed by atoms with E-state index in [1.54, 1.807) is 0 Å². The van der Waals surface area contributed by atoms with E-state index >= 15 is 0 Å². The third-order valence-electron chi connectivity index (χ3n) is 3.59. The van der Waals surface area contributed by atoms with E-state index in [0.29, 0.717) is 18.8 Å². The standard InChI is InChI=1S/C9H18N2O2S/c1-9(2,6-10)11-4-8-3-7(11)5-14(8,12)13/h7-8H,3-6,10H2,1-2H3. The zero-order chi connectivity index (χ0) is 10.6. The topological polar surface area (TPSA) is 63.4 Å². The van der Waals surface area contributed by atoms with Gasteiger partial charge in [-0.2, -0.15) is 0 Å². The van der Waals surface area contributed by atoms with Gasteiger partial charge in [-0.1, -0.05) is 0 Å². The quantitative estimate of drug-likeness (QED) is 0.685. The number of rotatable bonds is 2. The Labute approximate surface area is 85.4 Å². The van der Waals surface area contributed by atoms with Crippen LogP contribution >= 0.6 is 0 Å². The summed E-state index contributed by atoms with van der Waals surface area (Å²) in [6.07, 6.45) is 0.811. The minimum Gasteiger partial charge on any atom is -0.329 e. The van der Waals surface area contributed by atoms with Crippen LogP contribution < -0.4 is 5.73 Å². The van der Waals surface area contributed by atoms with Gasteiger partial charge in [0.2, 0.25) is 0 Å². The van der Waals surface area contributed by atoms with Crippen LogP contribution in [-0.4, -0.2) is 49.0 Å².